The van der Waals surface area contributed by atoms with Crippen LogP contribution in [0.25, 0.3) is 0 Å². The van der Waals surface area contributed by atoms with Gasteiger partial charge in [-0.05, 0) is 64.1 Å². The average molecular weight is 289 g/mol. The number of hydrogen-bond acceptors (Lipinski definition) is 3. The number of piperidine rings is 1. The van der Waals surface area contributed by atoms with Crippen molar-refractivity contribution >= 4 is 5.97 Å². The maximum Gasteiger partial charge on any atom is 0.311 e. The third-order valence-electron chi connectivity index (χ3n) is 4.53. The summed E-state index contributed by atoms with van der Waals surface area (Å²) in [6, 6.07) is 10.3. The second kappa shape index (κ2) is 7.60. The Balaban J connectivity index is 1.73. The summed E-state index contributed by atoms with van der Waals surface area (Å²) >= 11 is 0. The van der Waals surface area contributed by atoms with Gasteiger partial charge >= 0.3 is 5.97 Å². The standard InChI is InChI=1S/C18H27NO2/c1-18(2,16-11-6-12-19-14-16)17(20)21-13-7-10-15-8-4-3-5-9-15/h3-5,8-9,16,19H,6-7,10-14H2,1-2H3. The van der Waals surface area contributed by atoms with E-state index in [-0.39, 0.29) is 11.4 Å². The van der Waals surface area contributed by atoms with Gasteiger partial charge < -0.3 is 10.1 Å². The van der Waals surface area contributed by atoms with Gasteiger partial charge in [-0.3, -0.25) is 4.79 Å². The van der Waals surface area contributed by atoms with E-state index in [4.69, 9.17) is 4.74 Å². The summed E-state index contributed by atoms with van der Waals surface area (Å²) in [5.74, 6) is 0.331. The SMILES string of the molecule is CC(C)(C(=O)OCCCc1ccccc1)C1CCCNC1. The van der Waals surface area contributed by atoms with Crippen molar-refractivity contribution in [3.63, 3.8) is 0 Å². The summed E-state index contributed by atoms with van der Waals surface area (Å²) in [5.41, 5.74) is 0.907. The number of nitrogens with one attached hydrogen (secondary N) is 1. The van der Waals surface area contributed by atoms with Gasteiger partial charge in [0.25, 0.3) is 0 Å². The zero-order chi connectivity index (χ0) is 15.1. The molecule has 1 aromatic rings. The number of carbonyl (C=O) groups excluding carboxylic acids is 1. The minimum absolute atomic E-state index is 0.0516. The number of hydrogen-bond donors (Lipinski definition) is 1. The van der Waals surface area contributed by atoms with Gasteiger partial charge in [0.15, 0.2) is 0 Å². The second-order valence-corrected chi connectivity index (χ2v) is 6.49. The number of aryl methyl sites for hydroxylation is 1. The van der Waals surface area contributed by atoms with Gasteiger partial charge in [0.1, 0.15) is 0 Å². The lowest BCUT2D eigenvalue weighted by Gasteiger charge is -2.35. The van der Waals surface area contributed by atoms with Crippen LogP contribution in [0.15, 0.2) is 30.3 Å². The Bertz CT molecular complexity index is 436. The van der Waals surface area contributed by atoms with Crippen molar-refractivity contribution in [3.05, 3.63) is 35.9 Å². The third kappa shape index (κ3) is 4.57. The molecule has 1 aromatic carbocycles. The van der Waals surface area contributed by atoms with Crippen LogP contribution >= 0.6 is 0 Å². The van der Waals surface area contributed by atoms with E-state index in [1.165, 1.54) is 5.56 Å². The Morgan fingerprint density at radius 1 is 1.33 bits per heavy atom. The van der Waals surface area contributed by atoms with Crippen molar-refractivity contribution in [2.75, 3.05) is 19.7 Å². The molecule has 3 nitrogen and oxygen atoms in total. The van der Waals surface area contributed by atoms with E-state index in [9.17, 15) is 4.79 Å². The fourth-order valence-corrected chi connectivity index (χ4v) is 2.91. The van der Waals surface area contributed by atoms with Gasteiger partial charge in [-0.15, -0.1) is 0 Å². The molecule has 1 aliphatic heterocycles. The molecule has 1 atom stereocenters. The molecule has 21 heavy (non-hydrogen) atoms. The number of carbonyl (C=O) groups is 1. The molecule has 1 heterocycles. The van der Waals surface area contributed by atoms with Crippen LogP contribution in [0.5, 0.6) is 0 Å². The van der Waals surface area contributed by atoms with E-state index in [2.05, 4.69) is 17.4 Å². The summed E-state index contributed by atoms with van der Waals surface area (Å²) in [7, 11) is 0. The summed E-state index contributed by atoms with van der Waals surface area (Å²) in [6.07, 6.45) is 4.10. The van der Waals surface area contributed by atoms with Crippen LogP contribution in [0.4, 0.5) is 0 Å². The van der Waals surface area contributed by atoms with Crippen molar-refractivity contribution in [1.29, 1.82) is 0 Å². The van der Waals surface area contributed by atoms with Crippen molar-refractivity contribution in [2.45, 2.75) is 39.5 Å². The highest BCUT2D eigenvalue weighted by Gasteiger charge is 2.38. The first-order chi connectivity index (χ1) is 10.1. The predicted octanol–water partition coefficient (Wildman–Crippen LogP) is 3.19. The number of rotatable bonds is 6. The Kier molecular flexibility index (Phi) is 5.80. The Morgan fingerprint density at radius 2 is 2.10 bits per heavy atom. The first-order valence-electron chi connectivity index (χ1n) is 8.02. The van der Waals surface area contributed by atoms with Crippen LogP contribution in [0.3, 0.4) is 0 Å². The molecule has 0 spiro atoms. The van der Waals surface area contributed by atoms with Gasteiger partial charge in [0.2, 0.25) is 0 Å². The minimum atomic E-state index is -0.389. The molecule has 1 aliphatic rings. The summed E-state index contributed by atoms with van der Waals surface area (Å²) in [4.78, 5) is 12.3. The maximum absolute atomic E-state index is 12.3. The van der Waals surface area contributed by atoms with Crippen molar-refractivity contribution in [3.8, 4) is 0 Å². The summed E-state index contributed by atoms with van der Waals surface area (Å²) in [5, 5.41) is 3.38. The predicted molar refractivity (Wildman–Crippen MR) is 85.1 cm³/mol. The smallest absolute Gasteiger partial charge is 0.311 e. The topological polar surface area (TPSA) is 38.3 Å². The fourth-order valence-electron chi connectivity index (χ4n) is 2.91. The molecular weight excluding hydrogens is 262 g/mol. The zero-order valence-electron chi connectivity index (χ0n) is 13.2. The third-order valence-corrected chi connectivity index (χ3v) is 4.53. The van der Waals surface area contributed by atoms with E-state index in [1.54, 1.807) is 0 Å². The van der Waals surface area contributed by atoms with Gasteiger partial charge in [-0.1, -0.05) is 30.3 Å². The molecule has 1 N–H and O–H groups in total. The van der Waals surface area contributed by atoms with Gasteiger partial charge in [0.05, 0.1) is 12.0 Å². The molecule has 0 amide bonds. The highest BCUT2D eigenvalue weighted by molar-refractivity contribution is 5.76. The zero-order valence-corrected chi connectivity index (χ0v) is 13.2. The Hall–Kier alpha value is -1.35. The largest absolute Gasteiger partial charge is 0.465 e. The number of esters is 1. The van der Waals surface area contributed by atoms with E-state index in [1.807, 2.05) is 32.0 Å². The monoisotopic (exact) mass is 289 g/mol. The molecular formula is C18H27NO2. The first kappa shape index (κ1) is 16.0. The van der Waals surface area contributed by atoms with Gasteiger partial charge in [-0.2, -0.15) is 0 Å². The number of benzene rings is 1. The highest BCUT2D eigenvalue weighted by atomic mass is 16.5. The second-order valence-electron chi connectivity index (χ2n) is 6.49. The van der Waals surface area contributed by atoms with Crippen molar-refractivity contribution < 1.29 is 9.53 Å². The molecule has 3 heteroatoms. The molecule has 0 radical (unpaired) electrons. The van der Waals surface area contributed by atoms with E-state index in [0.717, 1.165) is 38.8 Å². The lowest BCUT2D eigenvalue weighted by molar-refractivity contribution is -0.157. The molecule has 0 bridgehead atoms. The molecule has 116 valence electrons. The fraction of sp³-hybridized carbons (Fsp3) is 0.611. The maximum atomic E-state index is 12.3. The van der Waals surface area contributed by atoms with Crippen LogP contribution in [-0.4, -0.2) is 25.7 Å². The van der Waals surface area contributed by atoms with E-state index in [0.29, 0.717) is 12.5 Å². The Labute approximate surface area is 128 Å². The van der Waals surface area contributed by atoms with Crippen LogP contribution in [-0.2, 0) is 16.0 Å². The molecule has 1 saturated heterocycles. The Morgan fingerprint density at radius 3 is 2.76 bits per heavy atom. The minimum Gasteiger partial charge on any atom is -0.465 e. The van der Waals surface area contributed by atoms with E-state index >= 15 is 0 Å². The lowest BCUT2D eigenvalue weighted by Crippen LogP contribution is -2.43. The molecule has 1 unspecified atom stereocenters. The molecule has 1 fully saturated rings. The van der Waals surface area contributed by atoms with Crippen molar-refractivity contribution in [1.82, 2.24) is 5.32 Å². The van der Waals surface area contributed by atoms with Crippen LogP contribution in [0.2, 0.25) is 0 Å². The highest BCUT2D eigenvalue weighted by Crippen LogP contribution is 2.33. The van der Waals surface area contributed by atoms with E-state index < -0.39 is 0 Å². The molecule has 0 saturated carbocycles. The normalized spacial score (nSPS) is 19.2. The quantitative estimate of drug-likeness (QED) is 0.645. The summed E-state index contributed by atoms with van der Waals surface area (Å²) < 4.78 is 5.52. The lowest BCUT2D eigenvalue weighted by atomic mass is 9.75. The molecule has 0 aromatic heterocycles. The van der Waals surface area contributed by atoms with Crippen LogP contribution in [0, 0.1) is 11.3 Å². The van der Waals surface area contributed by atoms with Crippen LogP contribution < -0.4 is 5.32 Å². The number of ether oxygens (including phenoxy) is 1. The van der Waals surface area contributed by atoms with Crippen LogP contribution in [0.1, 0.15) is 38.7 Å². The average Bonchev–Trinajstić information content (AvgIpc) is 2.53. The molecule has 2 rings (SSSR count). The van der Waals surface area contributed by atoms with Gasteiger partial charge in [0, 0.05) is 0 Å². The first-order valence-corrected chi connectivity index (χ1v) is 8.02. The van der Waals surface area contributed by atoms with Crippen molar-refractivity contribution in [2.24, 2.45) is 11.3 Å². The molecule has 0 aliphatic carbocycles. The summed E-state index contributed by atoms with van der Waals surface area (Å²) in [6.45, 7) is 6.54. The van der Waals surface area contributed by atoms with Gasteiger partial charge in [-0.25, -0.2) is 0 Å².